The molecular weight excluding hydrogens is 435 g/mol. The lowest BCUT2D eigenvalue weighted by Gasteiger charge is -2.28. The lowest BCUT2D eigenvalue weighted by molar-refractivity contribution is 0.193. The fourth-order valence-electron chi connectivity index (χ4n) is 2.55. The van der Waals surface area contributed by atoms with Crippen LogP contribution in [0.1, 0.15) is 38.5 Å². The van der Waals surface area contributed by atoms with E-state index in [0.717, 1.165) is 37.9 Å². The summed E-state index contributed by atoms with van der Waals surface area (Å²) in [4.78, 5) is 6.70. The largest absolute Gasteiger partial charge is 0.468 e. The second kappa shape index (κ2) is 14.9. The average Bonchev–Trinajstić information content (AvgIpc) is 3.10. The van der Waals surface area contributed by atoms with Crippen LogP contribution in [0.25, 0.3) is 0 Å². The molecule has 140 valence electrons. The van der Waals surface area contributed by atoms with Crippen LogP contribution in [0.2, 0.25) is 0 Å². The maximum atomic E-state index is 5.63. The maximum Gasteiger partial charge on any atom is 0.191 e. The number of furan rings is 1. The summed E-state index contributed by atoms with van der Waals surface area (Å²) < 4.78 is 5.63. The molecule has 7 heteroatoms. The zero-order valence-electron chi connectivity index (χ0n) is 15.4. The number of guanidine groups is 1. The Morgan fingerprint density at radius 3 is 2.58 bits per heavy atom. The number of hydrogen-bond donors (Lipinski definition) is 2. The third kappa shape index (κ3) is 8.62. The first-order valence-electron chi connectivity index (χ1n) is 8.47. The van der Waals surface area contributed by atoms with Gasteiger partial charge in [-0.25, -0.2) is 0 Å². The van der Waals surface area contributed by atoms with Crippen LogP contribution in [0.5, 0.6) is 0 Å². The minimum Gasteiger partial charge on any atom is -0.468 e. The molecule has 1 rings (SSSR count). The Balaban J connectivity index is 0.00000529. The molecule has 1 aromatic rings. The van der Waals surface area contributed by atoms with E-state index in [2.05, 4.69) is 40.6 Å². The molecule has 0 radical (unpaired) electrons. The van der Waals surface area contributed by atoms with Gasteiger partial charge >= 0.3 is 0 Å². The number of halogens is 1. The first kappa shape index (κ1) is 23.6. The number of thioether (sulfide) groups is 1. The van der Waals surface area contributed by atoms with E-state index >= 15 is 0 Å². The molecule has 0 saturated heterocycles. The van der Waals surface area contributed by atoms with Gasteiger partial charge in [0.25, 0.3) is 0 Å². The standard InChI is InChI=1S/C17H32N4OS.HI/c1-5-21(6-2)15(16-10-9-12-22-16)14-20-17(18-3)19-11-7-8-13-23-4;/h9-10,12,15H,5-8,11,13-14H2,1-4H3,(H2,18,19,20);1H. The third-order valence-corrected chi connectivity index (χ3v) is 4.58. The van der Waals surface area contributed by atoms with Gasteiger partial charge in [-0.3, -0.25) is 9.89 Å². The van der Waals surface area contributed by atoms with Crippen LogP contribution in [-0.4, -0.2) is 56.1 Å². The number of aliphatic imine (C=N–C) groups is 1. The molecule has 1 unspecified atom stereocenters. The fourth-order valence-corrected chi connectivity index (χ4v) is 3.04. The second-order valence-corrected chi connectivity index (χ2v) is 6.32. The van der Waals surface area contributed by atoms with E-state index in [4.69, 9.17) is 4.42 Å². The zero-order chi connectivity index (χ0) is 16.9. The van der Waals surface area contributed by atoms with Crippen LogP contribution >= 0.6 is 35.7 Å². The summed E-state index contributed by atoms with van der Waals surface area (Å²) in [6.07, 6.45) is 6.29. The highest BCUT2D eigenvalue weighted by Gasteiger charge is 2.20. The zero-order valence-corrected chi connectivity index (χ0v) is 18.5. The smallest absolute Gasteiger partial charge is 0.191 e. The molecule has 0 bridgehead atoms. The molecule has 1 aromatic heterocycles. The molecule has 0 aliphatic carbocycles. The van der Waals surface area contributed by atoms with Crippen LogP contribution in [0.4, 0.5) is 0 Å². The van der Waals surface area contributed by atoms with Gasteiger partial charge in [0.15, 0.2) is 5.96 Å². The van der Waals surface area contributed by atoms with Gasteiger partial charge in [-0.2, -0.15) is 11.8 Å². The van der Waals surface area contributed by atoms with Gasteiger partial charge in [-0.15, -0.1) is 24.0 Å². The van der Waals surface area contributed by atoms with Crippen molar-refractivity contribution < 1.29 is 4.42 Å². The highest BCUT2D eigenvalue weighted by atomic mass is 127. The van der Waals surface area contributed by atoms with Crippen LogP contribution < -0.4 is 10.6 Å². The SMILES string of the molecule is CCN(CC)C(CNC(=NC)NCCCCSC)c1ccco1.I. The lowest BCUT2D eigenvalue weighted by atomic mass is 10.2. The second-order valence-electron chi connectivity index (χ2n) is 5.33. The molecular formula is C17H33IN4OS. The molecule has 24 heavy (non-hydrogen) atoms. The predicted octanol–water partition coefficient (Wildman–Crippen LogP) is 3.59. The molecule has 0 spiro atoms. The van der Waals surface area contributed by atoms with Crippen molar-refractivity contribution in [1.82, 2.24) is 15.5 Å². The van der Waals surface area contributed by atoms with Gasteiger partial charge in [0, 0.05) is 20.1 Å². The monoisotopic (exact) mass is 468 g/mol. The molecule has 0 aliphatic rings. The van der Waals surface area contributed by atoms with E-state index in [-0.39, 0.29) is 30.0 Å². The minimum atomic E-state index is 0. The number of rotatable bonds is 11. The van der Waals surface area contributed by atoms with Gasteiger partial charge in [0.2, 0.25) is 0 Å². The van der Waals surface area contributed by atoms with Crippen molar-refractivity contribution in [2.45, 2.75) is 32.7 Å². The average molecular weight is 468 g/mol. The van der Waals surface area contributed by atoms with Gasteiger partial charge in [0.1, 0.15) is 5.76 Å². The van der Waals surface area contributed by atoms with Crippen molar-refractivity contribution in [1.29, 1.82) is 0 Å². The first-order chi connectivity index (χ1) is 11.3. The molecule has 0 fully saturated rings. The van der Waals surface area contributed by atoms with Gasteiger partial charge in [-0.1, -0.05) is 13.8 Å². The quantitative estimate of drug-likeness (QED) is 0.225. The maximum absolute atomic E-state index is 5.63. The summed E-state index contributed by atoms with van der Waals surface area (Å²) in [5, 5.41) is 6.81. The Morgan fingerprint density at radius 2 is 2.04 bits per heavy atom. The summed E-state index contributed by atoms with van der Waals surface area (Å²) in [6, 6.07) is 4.21. The first-order valence-corrected chi connectivity index (χ1v) is 9.87. The van der Waals surface area contributed by atoms with Crippen molar-refractivity contribution in [3.63, 3.8) is 0 Å². The number of nitrogens with one attached hydrogen (secondary N) is 2. The Bertz CT molecular complexity index is 424. The van der Waals surface area contributed by atoms with Crippen molar-refractivity contribution in [3.05, 3.63) is 24.2 Å². The highest BCUT2D eigenvalue weighted by molar-refractivity contribution is 14.0. The minimum absolute atomic E-state index is 0. The number of hydrogen-bond acceptors (Lipinski definition) is 4. The Hall–Kier alpha value is -0.410. The van der Waals surface area contributed by atoms with E-state index < -0.39 is 0 Å². The van der Waals surface area contributed by atoms with Gasteiger partial charge in [-0.05, 0) is 50.1 Å². The van der Waals surface area contributed by atoms with Crippen molar-refractivity contribution in [3.8, 4) is 0 Å². The fraction of sp³-hybridized carbons (Fsp3) is 0.706. The molecule has 0 amide bonds. The third-order valence-electron chi connectivity index (χ3n) is 3.88. The summed E-state index contributed by atoms with van der Waals surface area (Å²) in [5.74, 6) is 3.07. The van der Waals surface area contributed by atoms with Crippen LogP contribution in [-0.2, 0) is 0 Å². The predicted molar refractivity (Wildman–Crippen MR) is 117 cm³/mol. The summed E-state index contributed by atoms with van der Waals surface area (Å²) in [7, 11) is 1.82. The molecule has 0 aliphatic heterocycles. The summed E-state index contributed by atoms with van der Waals surface area (Å²) in [6.45, 7) is 8.07. The molecule has 1 heterocycles. The number of likely N-dealkylation sites (N-methyl/N-ethyl adjacent to an activating group) is 1. The van der Waals surface area contributed by atoms with E-state index in [0.29, 0.717) is 0 Å². The summed E-state index contributed by atoms with van der Waals surface area (Å²) >= 11 is 1.90. The van der Waals surface area contributed by atoms with Crippen LogP contribution in [0.3, 0.4) is 0 Å². The van der Waals surface area contributed by atoms with Crippen molar-refractivity contribution in [2.75, 3.05) is 45.2 Å². The van der Waals surface area contributed by atoms with E-state index in [1.165, 1.54) is 18.6 Å². The Kier molecular flexibility index (Phi) is 14.6. The molecule has 5 nitrogen and oxygen atoms in total. The Labute approximate surface area is 168 Å². The highest BCUT2D eigenvalue weighted by Crippen LogP contribution is 2.20. The lowest BCUT2D eigenvalue weighted by Crippen LogP contribution is -2.43. The summed E-state index contributed by atoms with van der Waals surface area (Å²) in [5.41, 5.74) is 0. The van der Waals surface area contributed by atoms with Crippen LogP contribution in [0.15, 0.2) is 27.8 Å². The van der Waals surface area contributed by atoms with E-state index in [1.54, 1.807) is 6.26 Å². The Morgan fingerprint density at radius 1 is 1.29 bits per heavy atom. The van der Waals surface area contributed by atoms with Crippen molar-refractivity contribution >= 4 is 41.7 Å². The molecule has 2 N–H and O–H groups in total. The van der Waals surface area contributed by atoms with E-state index in [9.17, 15) is 0 Å². The van der Waals surface area contributed by atoms with Crippen LogP contribution in [0, 0.1) is 0 Å². The van der Waals surface area contributed by atoms with Crippen molar-refractivity contribution in [2.24, 2.45) is 4.99 Å². The molecule has 0 saturated carbocycles. The van der Waals surface area contributed by atoms with E-state index in [1.807, 2.05) is 30.9 Å². The van der Waals surface area contributed by atoms with Gasteiger partial charge in [0.05, 0.1) is 12.3 Å². The normalized spacial score (nSPS) is 12.8. The topological polar surface area (TPSA) is 52.8 Å². The molecule has 0 aromatic carbocycles. The number of nitrogens with zero attached hydrogens (tertiary/aromatic N) is 2. The number of unbranched alkanes of at least 4 members (excludes halogenated alkanes) is 1. The van der Waals surface area contributed by atoms with Gasteiger partial charge < -0.3 is 15.1 Å². The molecule has 1 atom stereocenters.